The molecule has 8 heterocycles. The van der Waals surface area contributed by atoms with Crippen LogP contribution < -0.4 is 0 Å². The Bertz CT molecular complexity index is 4110. The van der Waals surface area contributed by atoms with Gasteiger partial charge in [-0.25, -0.2) is 10.1 Å². The Balaban J connectivity index is 0.000000975. The third kappa shape index (κ3) is 23.8. The Morgan fingerprint density at radius 2 is 0.814 bits per heavy atom. The Morgan fingerprint density at radius 1 is 0.372 bits per heavy atom. The minimum Gasteiger partial charge on any atom is -0.414 e. The van der Waals surface area contributed by atoms with E-state index in [9.17, 15) is 0 Å². The normalized spacial score (nSPS) is 9.71. The van der Waals surface area contributed by atoms with Crippen LogP contribution in [0.2, 0.25) is 0 Å². The van der Waals surface area contributed by atoms with Gasteiger partial charge in [-0.3, -0.25) is 20.4 Å². The van der Waals surface area contributed by atoms with Gasteiger partial charge in [-0.1, -0.05) is 99.8 Å². The first-order chi connectivity index (χ1) is 40.2. The molecule has 0 fully saturated rings. The van der Waals surface area contributed by atoms with E-state index in [1.54, 1.807) is 6.92 Å². The minimum absolute atomic E-state index is 0.331. The Labute approximate surface area is 553 Å². The number of fused-ring (bicyclic) bond motifs is 2. The van der Waals surface area contributed by atoms with Crippen LogP contribution in [-0.4, -0.2) is 81.1 Å². The molecule has 17 nitrogen and oxygen atoms in total. The molecule has 0 saturated heterocycles. The first-order valence-electron chi connectivity index (χ1n) is 27.9. The molecule has 472 valence electrons. The molecular weight excluding hydrogens is 1250 g/mol. The van der Waals surface area contributed by atoms with Gasteiger partial charge in [-0.15, -0.1) is 5.10 Å². The van der Waals surface area contributed by atoms with Gasteiger partial charge in [0.05, 0.1) is 5.52 Å². The first-order valence-corrected chi connectivity index (χ1v) is 32.0. The molecular formula is C60H92N16OS9. The lowest BCUT2D eigenvalue weighted by Gasteiger charge is -2.17. The molecule has 0 aliphatic rings. The predicted octanol–water partition coefficient (Wildman–Crippen LogP) is 20.4. The maximum Gasteiger partial charge on any atom is 0.284 e. The van der Waals surface area contributed by atoms with E-state index in [1.165, 1.54) is 122 Å². The van der Waals surface area contributed by atoms with E-state index >= 15 is 0 Å². The molecule has 2 aromatic carbocycles. The molecule has 0 amide bonds. The van der Waals surface area contributed by atoms with E-state index in [-0.39, 0.29) is 0 Å². The molecule has 0 unspecified atom stereocenters. The Morgan fingerprint density at radius 3 is 1.15 bits per heavy atom. The number of imidazole rings is 1. The summed E-state index contributed by atoms with van der Waals surface area (Å²) in [5.41, 5.74) is 24.3. The molecule has 0 radical (unpaired) electrons. The van der Waals surface area contributed by atoms with Crippen molar-refractivity contribution in [3.63, 3.8) is 0 Å². The summed E-state index contributed by atoms with van der Waals surface area (Å²) in [6.45, 7) is 55.8. The lowest BCUT2D eigenvalue weighted by molar-refractivity contribution is 0.504. The second-order valence-electron chi connectivity index (χ2n) is 19.0. The summed E-state index contributed by atoms with van der Waals surface area (Å²) in [5, 5.41) is 34.3. The zero-order valence-electron chi connectivity index (χ0n) is 55.3. The van der Waals surface area contributed by atoms with E-state index in [0.29, 0.717) is 25.0 Å². The molecule has 0 aliphatic heterocycles. The highest BCUT2D eigenvalue weighted by Crippen LogP contribution is 2.33. The molecule has 0 bridgehead atoms. The van der Waals surface area contributed by atoms with E-state index in [2.05, 4.69) is 229 Å². The van der Waals surface area contributed by atoms with Crippen LogP contribution >= 0.6 is 109 Å². The summed E-state index contributed by atoms with van der Waals surface area (Å²) in [4.78, 5) is 19.9. The van der Waals surface area contributed by atoms with Crippen LogP contribution in [0.15, 0.2) is 4.42 Å². The number of rotatable bonds is 0. The number of nitrogens with zero attached hydrogens (tertiary/aromatic N) is 5. The van der Waals surface area contributed by atoms with Crippen LogP contribution in [0, 0.1) is 182 Å². The summed E-state index contributed by atoms with van der Waals surface area (Å²) in [6.07, 6.45) is 0. The second kappa shape index (κ2) is 39.2. The van der Waals surface area contributed by atoms with Crippen molar-refractivity contribution >= 4 is 131 Å². The summed E-state index contributed by atoms with van der Waals surface area (Å²) in [5.74, 6) is 1.40. The Kier molecular flexibility index (Phi) is 36.6. The zero-order valence-corrected chi connectivity index (χ0v) is 62.7. The molecule has 8 aromatic heterocycles. The quantitative estimate of drug-likeness (QED) is 0.0632. The minimum atomic E-state index is 0.331. The monoisotopic (exact) mass is 1340 g/mol. The van der Waals surface area contributed by atoms with Crippen molar-refractivity contribution in [2.24, 2.45) is 0 Å². The van der Waals surface area contributed by atoms with Crippen molar-refractivity contribution in [3.05, 3.63) is 154 Å². The highest BCUT2D eigenvalue weighted by atomic mass is 32.1. The number of hydrogen-bond donors (Lipinski definition) is 11. The largest absolute Gasteiger partial charge is 0.414 e. The molecule has 11 N–H and O–H groups in total. The van der Waals surface area contributed by atoms with Crippen molar-refractivity contribution < 1.29 is 4.42 Å². The average molecular weight is 1340 g/mol. The van der Waals surface area contributed by atoms with Crippen molar-refractivity contribution in [1.29, 1.82) is 0 Å². The van der Waals surface area contributed by atoms with Gasteiger partial charge in [-0.2, -0.15) is 10.3 Å². The van der Waals surface area contributed by atoms with Crippen molar-refractivity contribution in [2.75, 3.05) is 0 Å². The van der Waals surface area contributed by atoms with E-state index in [0.717, 1.165) is 40.1 Å². The van der Waals surface area contributed by atoms with E-state index in [4.69, 9.17) is 65.5 Å². The number of aryl methyl sites for hydroxylation is 13. The first kappa shape index (κ1) is 80.3. The zero-order chi connectivity index (χ0) is 66.8. The second-order valence-corrected chi connectivity index (χ2v) is 23.6. The third-order valence-corrected chi connectivity index (χ3v) is 16.8. The van der Waals surface area contributed by atoms with Crippen LogP contribution in [0.1, 0.15) is 159 Å². The highest BCUT2D eigenvalue weighted by Gasteiger charge is 2.15. The smallest absolute Gasteiger partial charge is 0.284 e. The SMILES string of the molecule is CC.CC.CC.Cc1[nH]c(=S)[nH]c1C.Cc1[nH]c(=S)c(C)c(C)c1C.Cc1[nH]c(=S)c2c(C)c(C)c(C)c(C)c2c1C.Cc1c(C)c(C)c2c(C)c(C)c(=S)[nH]c2c1C.Cc1n[nH]c(=S)o1.Cc1n[nH]c(=S)s1.Cc1nc(=S)[nH][nH]1.S=c1nn[nH][nH]1. The highest BCUT2D eigenvalue weighted by molar-refractivity contribution is 7.73. The van der Waals surface area contributed by atoms with E-state index in [1.807, 2.05) is 69.2 Å². The third-order valence-electron chi connectivity index (χ3n) is 13.9. The molecule has 0 spiro atoms. The van der Waals surface area contributed by atoms with Crippen LogP contribution in [0.25, 0.3) is 21.7 Å². The van der Waals surface area contributed by atoms with Crippen LogP contribution in [0.3, 0.4) is 0 Å². The summed E-state index contributed by atoms with van der Waals surface area (Å²) < 4.78 is 9.68. The van der Waals surface area contributed by atoms with Gasteiger partial charge in [0.1, 0.15) is 24.8 Å². The van der Waals surface area contributed by atoms with Crippen LogP contribution in [-0.2, 0) is 0 Å². The fourth-order valence-electron chi connectivity index (χ4n) is 7.86. The van der Waals surface area contributed by atoms with Gasteiger partial charge in [-0.05, 0) is 283 Å². The number of aromatic amines is 11. The Hall–Kier alpha value is -5.71. The number of benzene rings is 2. The molecule has 26 heteroatoms. The van der Waals surface area contributed by atoms with Gasteiger partial charge in [0, 0.05) is 40.5 Å². The lowest BCUT2D eigenvalue weighted by atomic mass is 9.90. The van der Waals surface area contributed by atoms with Gasteiger partial charge in [0.25, 0.3) is 4.84 Å². The van der Waals surface area contributed by atoms with Gasteiger partial charge < -0.3 is 29.3 Å². The molecule has 0 atom stereocenters. The summed E-state index contributed by atoms with van der Waals surface area (Å²) >= 11 is 40.7. The molecule has 86 heavy (non-hydrogen) atoms. The van der Waals surface area contributed by atoms with Gasteiger partial charge >= 0.3 is 0 Å². The number of hydrogen-bond acceptors (Lipinski definition) is 15. The molecule has 10 aromatic rings. The van der Waals surface area contributed by atoms with Crippen LogP contribution in [0.4, 0.5) is 0 Å². The van der Waals surface area contributed by atoms with Gasteiger partial charge in [0.2, 0.25) is 15.4 Å². The molecule has 0 saturated carbocycles. The number of aromatic nitrogens is 16. The number of nitrogens with one attached hydrogen (secondary N) is 11. The standard InChI is InChI=1S/2C15H19NS.C9H13NS.C5H8N2S.C3H5N3S.C3H4N2OS.C3H4N2S2.3C2H6.CH2N4S/c1-7-8(2)11(5)14-13(9(7)3)10(4)12(6)15(17)16-14;1-7-8(2)10(4)14-13(9(7)3)11(5)12(6)16-15(14)17;1-5-6(2)8(4)10-9(11)7(5)3;1-3-4(2)7-5(8)6-3;1-2-4-3(7)6-5-2;1-2-4-5-3(7)6-2;1-2-4-5-3(6)7-2;3*1-2;6-1-2-4-5-3-1/h2*1-6H3,(H,16,17);1-4H3,(H,10,11);1-2H3,(H2,6,7,8);1H3,(H2,4,5,6,7);1H3,(H,5,7);1H3,(H,5,6);3*1-2H3;(H2,2,3,4,5,6). The van der Waals surface area contributed by atoms with Gasteiger partial charge in [0.15, 0.2) is 8.73 Å². The van der Waals surface area contributed by atoms with Crippen molar-refractivity contribution in [3.8, 4) is 0 Å². The number of tetrazole rings is 1. The maximum atomic E-state index is 5.50. The topological polar surface area (TPSA) is 251 Å². The lowest BCUT2D eigenvalue weighted by Crippen LogP contribution is -2.00. The number of H-pyrrole nitrogens is 11. The van der Waals surface area contributed by atoms with E-state index < -0.39 is 0 Å². The average Bonchev–Trinajstić information content (AvgIpc) is 1.06. The fourth-order valence-corrected chi connectivity index (χ4v) is 10.4. The van der Waals surface area contributed by atoms with Crippen LogP contribution in [0.5, 0.6) is 0 Å². The molecule has 10 rings (SSSR count). The summed E-state index contributed by atoms with van der Waals surface area (Å²) in [6, 6.07) is 0. The molecule has 0 aliphatic carbocycles. The van der Waals surface area contributed by atoms with Crippen molar-refractivity contribution in [1.82, 2.24) is 81.1 Å². The predicted molar refractivity (Wildman–Crippen MR) is 384 cm³/mol. The number of pyridine rings is 3. The fraction of sp³-hybridized carbons (Fsp3) is 0.450. The maximum absolute atomic E-state index is 5.50. The summed E-state index contributed by atoms with van der Waals surface area (Å²) in [7, 11) is 0. The van der Waals surface area contributed by atoms with Crippen molar-refractivity contribution in [2.45, 2.75) is 187 Å².